The Morgan fingerprint density at radius 2 is 2.00 bits per heavy atom. The van der Waals surface area contributed by atoms with Crippen LogP contribution in [0.1, 0.15) is 0 Å². The third-order valence-electron chi connectivity index (χ3n) is 2.21. The van der Waals surface area contributed by atoms with Crippen molar-refractivity contribution in [3.8, 4) is 0 Å². The van der Waals surface area contributed by atoms with Gasteiger partial charge in [0, 0.05) is 11.6 Å². The first-order valence-corrected chi connectivity index (χ1v) is 8.12. The first kappa shape index (κ1) is 12.6. The minimum absolute atomic E-state index is 0.215. The number of aromatic nitrogens is 2. The molecule has 0 bridgehead atoms. The molecule has 1 aromatic heterocycles. The summed E-state index contributed by atoms with van der Waals surface area (Å²) in [6, 6.07) is 4.65. The molecule has 17 heavy (non-hydrogen) atoms. The van der Waals surface area contributed by atoms with E-state index in [1.807, 2.05) is 6.26 Å². The van der Waals surface area contributed by atoms with Gasteiger partial charge in [-0.05, 0) is 24.5 Å². The molecule has 0 saturated carbocycles. The number of nitrogens with zero attached hydrogens (tertiary/aromatic N) is 2. The number of fused-ring (bicyclic) bond motifs is 1. The predicted molar refractivity (Wildman–Crippen MR) is 69.4 cm³/mol. The van der Waals surface area contributed by atoms with Gasteiger partial charge >= 0.3 is 0 Å². The fourth-order valence-corrected chi connectivity index (χ4v) is 2.67. The first-order chi connectivity index (χ1) is 7.91. The van der Waals surface area contributed by atoms with E-state index in [-0.39, 0.29) is 10.0 Å². The monoisotopic (exact) mass is 288 g/mol. The Balaban J connectivity index is 2.75. The molecule has 0 N–H and O–H groups in total. The Morgan fingerprint density at radius 1 is 1.29 bits per heavy atom. The number of hydrogen-bond acceptors (Lipinski definition) is 5. The normalized spacial score (nSPS) is 11.9. The van der Waals surface area contributed by atoms with Gasteiger partial charge in [-0.3, -0.25) is 0 Å². The Labute approximate surface area is 108 Å². The van der Waals surface area contributed by atoms with Gasteiger partial charge in [-0.2, -0.15) is 0 Å². The van der Waals surface area contributed by atoms with E-state index in [9.17, 15) is 8.42 Å². The molecule has 0 saturated heterocycles. The Morgan fingerprint density at radius 3 is 2.59 bits per heavy atom. The lowest BCUT2D eigenvalue weighted by Gasteiger charge is -2.04. The smallest absolute Gasteiger partial charge is 0.189 e. The summed E-state index contributed by atoms with van der Waals surface area (Å²) in [5, 5.41) is 1.38. The SMILES string of the molecule is CSc1nc(Cl)c2cc(S(C)(=O)=O)ccc2n1. The third-order valence-corrected chi connectivity index (χ3v) is 4.16. The van der Waals surface area contributed by atoms with Crippen LogP contribution in [-0.2, 0) is 9.84 Å². The standard InChI is InChI=1S/C10H9ClN2O2S2/c1-16-10-12-8-4-3-6(17(2,14)15)5-7(8)9(11)13-10/h3-5H,1-2H3. The van der Waals surface area contributed by atoms with Crippen molar-refractivity contribution in [1.29, 1.82) is 0 Å². The van der Waals surface area contributed by atoms with Crippen molar-refractivity contribution in [3.05, 3.63) is 23.4 Å². The van der Waals surface area contributed by atoms with Crippen LogP contribution in [0.3, 0.4) is 0 Å². The summed E-state index contributed by atoms with van der Waals surface area (Å²) in [7, 11) is -3.25. The lowest BCUT2D eigenvalue weighted by atomic mass is 10.2. The minimum Gasteiger partial charge on any atom is -0.224 e. The summed E-state index contributed by atoms with van der Waals surface area (Å²) in [6.45, 7) is 0. The van der Waals surface area contributed by atoms with Crippen LogP contribution in [-0.4, -0.2) is 30.9 Å². The molecule has 0 spiro atoms. The molecule has 4 nitrogen and oxygen atoms in total. The van der Waals surface area contributed by atoms with Gasteiger partial charge in [0.2, 0.25) is 0 Å². The van der Waals surface area contributed by atoms with Crippen LogP contribution >= 0.6 is 23.4 Å². The zero-order valence-electron chi connectivity index (χ0n) is 9.14. The average Bonchev–Trinajstić information content (AvgIpc) is 2.27. The molecule has 0 atom stereocenters. The van der Waals surface area contributed by atoms with Gasteiger partial charge in [0.1, 0.15) is 5.15 Å². The lowest BCUT2D eigenvalue weighted by Crippen LogP contribution is -1.98. The maximum absolute atomic E-state index is 11.4. The molecule has 0 aliphatic rings. The third kappa shape index (κ3) is 2.53. The molecule has 7 heteroatoms. The van der Waals surface area contributed by atoms with Gasteiger partial charge in [0.25, 0.3) is 0 Å². The second kappa shape index (κ2) is 4.44. The Bertz CT molecular complexity index is 686. The number of thioether (sulfide) groups is 1. The van der Waals surface area contributed by atoms with Crippen LogP contribution in [0, 0.1) is 0 Å². The van der Waals surface area contributed by atoms with Crippen molar-refractivity contribution in [2.75, 3.05) is 12.5 Å². The summed E-state index contributed by atoms with van der Waals surface area (Å²) >= 11 is 7.39. The lowest BCUT2D eigenvalue weighted by molar-refractivity contribution is 0.602. The van der Waals surface area contributed by atoms with Crippen LogP contribution in [0.25, 0.3) is 10.9 Å². The minimum atomic E-state index is -3.25. The molecule has 0 aliphatic heterocycles. The van der Waals surface area contributed by atoms with Gasteiger partial charge in [-0.15, -0.1) is 0 Å². The molecule has 0 radical (unpaired) electrons. The fraction of sp³-hybridized carbons (Fsp3) is 0.200. The van der Waals surface area contributed by atoms with E-state index in [4.69, 9.17) is 11.6 Å². The summed E-state index contributed by atoms with van der Waals surface area (Å²) < 4.78 is 22.8. The van der Waals surface area contributed by atoms with Gasteiger partial charge in [-0.25, -0.2) is 18.4 Å². The first-order valence-electron chi connectivity index (χ1n) is 4.63. The maximum Gasteiger partial charge on any atom is 0.189 e. The van der Waals surface area contributed by atoms with E-state index < -0.39 is 9.84 Å². The van der Waals surface area contributed by atoms with Gasteiger partial charge in [0.15, 0.2) is 15.0 Å². The van der Waals surface area contributed by atoms with Crippen LogP contribution in [0.15, 0.2) is 28.3 Å². The highest BCUT2D eigenvalue weighted by Gasteiger charge is 2.11. The number of hydrogen-bond donors (Lipinski definition) is 0. The summed E-state index contributed by atoms with van der Waals surface area (Å²) in [4.78, 5) is 8.53. The zero-order valence-corrected chi connectivity index (χ0v) is 11.5. The maximum atomic E-state index is 11.4. The second-order valence-corrected chi connectivity index (χ2v) is 6.60. The number of halogens is 1. The molecule has 0 fully saturated rings. The van der Waals surface area contributed by atoms with E-state index in [1.54, 1.807) is 6.07 Å². The van der Waals surface area contributed by atoms with E-state index in [2.05, 4.69) is 9.97 Å². The summed E-state index contributed by atoms with van der Waals surface area (Å²) in [5.41, 5.74) is 0.641. The van der Waals surface area contributed by atoms with Crippen LogP contribution < -0.4 is 0 Å². The van der Waals surface area contributed by atoms with E-state index in [1.165, 1.54) is 23.9 Å². The van der Waals surface area contributed by atoms with Crippen molar-refractivity contribution in [1.82, 2.24) is 9.97 Å². The largest absolute Gasteiger partial charge is 0.224 e. The molecule has 1 heterocycles. The number of sulfone groups is 1. The fourth-order valence-electron chi connectivity index (χ4n) is 1.37. The molecular weight excluding hydrogens is 280 g/mol. The van der Waals surface area contributed by atoms with Crippen molar-refractivity contribution in [3.63, 3.8) is 0 Å². The zero-order chi connectivity index (χ0) is 12.6. The van der Waals surface area contributed by atoms with Crippen molar-refractivity contribution in [2.24, 2.45) is 0 Å². The predicted octanol–water partition coefficient (Wildman–Crippen LogP) is 2.41. The Hall–Kier alpha value is -0.850. The average molecular weight is 289 g/mol. The highest BCUT2D eigenvalue weighted by molar-refractivity contribution is 7.98. The molecule has 0 aliphatic carbocycles. The van der Waals surface area contributed by atoms with Crippen molar-refractivity contribution in [2.45, 2.75) is 10.1 Å². The van der Waals surface area contributed by atoms with Crippen LogP contribution in [0.4, 0.5) is 0 Å². The Kier molecular flexibility index (Phi) is 3.29. The summed E-state index contributed by atoms with van der Waals surface area (Å²) in [5.74, 6) is 0. The highest BCUT2D eigenvalue weighted by Crippen LogP contribution is 2.25. The molecular formula is C10H9ClN2O2S2. The van der Waals surface area contributed by atoms with E-state index in [0.717, 1.165) is 6.26 Å². The van der Waals surface area contributed by atoms with Gasteiger partial charge in [0.05, 0.1) is 10.4 Å². The molecule has 1 aromatic carbocycles. The molecule has 0 amide bonds. The molecule has 0 unspecified atom stereocenters. The van der Waals surface area contributed by atoms with Gasteiger partial charge < -0.3 is 0 Å². The number of rotatable bonds is 2. The molecule has 2 rings (SSSR count). The summed E-state index contributed by atoms with van der Waals surface area (Å²) in [6.07, 6.45) is 3.00. The van der Waals surface area contributed by atoms with Crippen LogP contribution in [0.2, 0.25) is 5.15 Å². The topological polar surface area (TPSA) is 59.9 Å². The second-order valence-electron chi connectivity index (χ2n) is 3.45. The van der Waals surface area contributed by atoms with Crippen LogP contribution in [0.5, 0.6) is 0 Å². The highest BCUT2D eigenvalue weighted by atomic mass is 35.5. The number of benzene rings is 1. The van der Waals surface area contributed by atoms with Crippen molar-refractivity contribution >= 4 is 44.1 Å². The van der Waals surface area contributed by atoms with Crippen molar-refractivity contribution < 1.29 is 8.42 Å². The molecule has 90 valence electrons. The van der Waals surface area contributed by atoms with Gasteiger partial charge in [-0.1, -0.05) is 23.4 Å². The molecule has 2 aromatic rings. The van der Waals surface area contributed by atoms with E-state index in [0.29, 0.717) is 16.1 Å². The quantitative estimate of drug-likeness (QED) is 0.482. The van der Waals surface area contributed by atoms with E-state index >= 15 is 0 Å².